The predicted molar refractivity (Wildman–Crippen MR) is 116 cm³/mol. The summed E-state index contributed by atoms with van der Waals surface area (Å²) in [5, 5.41) is 4.66. The molecular weight excluding hydrogens is 506 g/mol. The van der Waals surface area contributed by atoms with Gasteiger partial charge in [-0.3, -0.25) is 9.59 Å². The minimum absolute atomic E-state index is 0.0532. The van der Waals surface area contributed by atoms with Crippen molar-refractivity contribution < 1.29 is 22.8 Å². The molecule has 4 N–H and O–H groups in total. The number of nitrogen functional groups attached to an aromatic ring is 1. The first-order valence-electron chi connectivity index (χ1n) is 9.07. The van der Waals surface area contributed by atoms with E-state index >= 15 is 0 Å². The second kappa shape index (κ2) is 9.85. The van der Waals surface area contributed by atoms with Gasteiger partial charge in [0.15, 0.2) is 5.69 Å². The van der Waals surface area contributed by atoms with E-state index < -0.39 is 34.6 Å². The Bertz CT molecular complexity index is 1210. The van der Waals surface area contributed by atoms with Gasteiger partial charge in [-0.1, -0.05) is 30.1 Å². The molecule has 3 aromatic rings. The Morgan fingerprint density at radius 3 is 2.55 bits per heavy atom. The zero-order chi connectivity index (χ0) is 24.3. The molecule has 1 atom stereocenters. The number of alkyl halides is 3. The molecule has 2 amide bonds. The van der Waals surface area contributed by atoms with Crippen LogP contribution in [0.1, 0.15) is 50.1 Å². The summed E-state index contributed by atoms with van der Waals surface area (Å²) in [6.45, 7) is 1.78. The Labute approximate surface area is 198 Å². The van der Waals surface area contributed by atoms with Gasteiger partial charge in [-0.05, 0) is 12.5 Å². The summed E-state index contributed by atoms with van der Waals surface area (Å²) in [4.78, 5) is 40.4. The average Bonchev–Trinajstić information content (AvgIpc) is 3.24. The van der Waals surface area contributed by atoms with Crippen LogP contribution in [0.2, 0.25) is 10.0 Å². The van der Waals surface area contributed by atoms with E-state index in [4.69, 9.17) is 28.9 Å². The van der Waals surface area contributed by atoms with Crippen molar-refractivity contribution in [2.24, 2.45) is 0 Å². The van der Waals surface area contributed by atoms with E-state index in [0.717, 1.165) is 23.9 Å². The molecule has 174 valence electrons. The van der Waals surface area contributed by atoms with Gasteiger partial charge in [-0.2, -0.15) is 13.2 Å². The number of aromatic nitrogens is 4. The van der Waals surface area contributed by atoms with E-state index in [1.165, 1.54) is 6.20 Å². The smallest absolute Gasteiger partial charge is 0.382 e. The summed E-state index contributed by atoms with van der Waals surface area (Å²) in [6, 6.07) is 0.0378. The number of halogens is 5. The van der Waals surface area contributed by atoms with Gasteiger partial charge in [0.25, 0.3) is 11.8 Å². The van der Waals surface area contributed by atoms with Crippen LogP contribution in [-0.4, -0.2) is 31.8 Å². The number of hydrogen-bond acceptors (Lipinski definition) is 8. The van der Waals surface area contributed by atoms with Gasteiger partial charge < -0.3 is 16.4 Å². The SMILES string of the molecule is CCC(NC(=O)c1ncnc(N)c1Cl)c1ncc(C(=O)Nc2cc(C(F)(F)F)c(Cl)cn2)s1. The third-order valence-electron chi connectivity index (χ3n) is 4.19. The minimum Gasteiger partial charge on any atom is -0.382 e. The molecule has 3 heterocycles. The molecule has 9 nitrogen and oxygen atoms in total. The molecule has 0 aliphatic rings. The molecule has 0 bridgehead atoms. The third-order valence-corrected chi connectivity index (χ3v) is 5.98. The number of nitrogens with one attached hydrogen (secondary N) is 2. The molecule has 0 saturated carbocycles. The van der Waals surface area contributed by atoms with Crippen molar-refractivity contribution in [3.8, 4) is 0 Å². The molecule has 0 aliphatic carbocycles. The molecule has 0 fully saturated rings. The number of carbonyl (C=O) groups excluding carboxylic acids is 2. The maximum absolute atomic E-state index is 13.0. The Kier molecular flexibility index (Phi) is 7.34. The molecule has 15 heteroatoms. The lowest BCUT2D eigenvalue weighted by molar-refractivity contribution is -0.137. The van der Waals surface area contributed by atoms with Crippen molar-refractivity contribution >= 4 is 58.0 Å². The van der Waals surface area contributed by atoms with Crippen LogP contribution < -0.4 is 16.4 Å². The molecular formula is C18H14Cl2F3N7O2S. The molecule has 0 radical (unpaired) electrons. The Hall–Kier alpha value is -3.03. The van der Waals surface area contributed by atoms with E-state index in [9.17, 15) is 22.8 Å². The number of rotatable bonds is 6. The lowest BCUT2D eigenvalue weighted by Gasteiger charge is -2.14. The normalized spacial score (nSPS) is 12.3. The standard InChI is InChI=1S/C18H14Cl2F3N7O2S/c1-2-9(29-16(32)13-12(20)14(24)28-6-27-13)17-26-5-10(33-17)15(31)30-11-3-7(18(21,22)23)8(19)4-25-11/h3-6,9H,2H2,1H3,(H,29,32)(H2,24,27,28)(H,25,30,31). The van der Waals surface area contributed by atoms with Gasteiger partial charge in [-0.15, -0.1) is 11.3 Å². The molecule has 0 aliphatic heterocycles. The van der Waals surface area contributed by atoms with E-state index in [0.29, 0.717) is 17.5 Å². The maximum Gasteiger partial charge on any atom is 0.418 e. The molecule has 1 unspecified atom stereocenters. The third kappa shape index (κ3) is 5.67. The fourth-order valence-corrected chi connectivity index (χ4v) is 3.90. The molecule has 0 spiro atoms. The fourth-order valence-electron chi connectivity index (χ4n) is 2.56. The highest BCUT2D eigenvalue weighted by Gasteiger charge is 2.34. The van der Waals surface area contributed by atoms with Crippen molar-refractivity contribution in [2.75, 3.05) is 11.1 Å². The molecule has 0 aromatic carbocycles. The minimum atomic E-state index is -4.71. The van der Waals surface area contributed by atoms with Crippen molar-refractivity contribution in [1.82, 2.24) is 25.3 Å². The number of thiazole rings is 1. The summed E-state index contributed by atoms with van der Waals surface area (Å²) in [7, 11) is 0. The van der Waals surface area contributed by atoms with Gasteiger partial charge in [0, 0.05) is 6.20 Å². The zero-order valence-corrected chi connectivity index (χ0v) is 18.9. The Balaban J connectivity index is 1.74. The summed E-state index contributed by atoms with van der Waals surface area (Å²) in [5.41, 5.74) is 4.33. The van der Waals surface area contributed by atoms with E-state index in [1.54, 1.807) is 6.92 Å². The number of nitrogens with zero attached hydrogens (tertiary/aromatic N) is 4. The predicted octanol–water partition coefficient (Wildman–Crippen LogP) is 4.37. The molecule has 3 rings (SSSR count). The van der Waals surface area contributed by atoms with Crippen LogP contribution in [0.4, 0.5) is 24.8 Å². The van der Waals surface area contributed by atoms with Crippen LogP contribution in [0.25, 0.3) is 0 Å². The highest BCUT2D eigenvalue weighted by atomic mass is 35.5. The lowest BCUT2D eigenvalue weighted by atomic mass is 10.2. The first kappa shape index (κ1) is 24.6. The van der Waals surface area contributed by atoms with Gasteiger partial charge >= 0.3 is 6.18 Å². The van der Waals surface area contributed by atoms with E-state index in [-0.39, 0.29) is 27.2 Å². The zero-order valence-electron chi connectivity index (χ0n) is 16.6. The van der Waals surface area contributed by atoms with Crippen LogP contribution in [0.3, 0.4) is 0 Å². The average molecular weight is 520 g/mol. The highest BCUT2D eigenvalue weighted by Crippen LogP contribution is 2.35. The second-order valence-corrected chi connectivity index (χ2v) is 8.27. The van der Waals surface area contributed by atoms with Crippen molar-refractivity contribution in [3.05, 3.63) is 56.0 Å². The monoisotopic (exact) mass is 519 g/mol. The van der Waals surface area contributed by atoms with Crippen LogP contribution >= 0.6 is 34.5 Å². The number of carbonyl (C=O) groups is 2. The van der Waals surface area contributed by atoms with Crippen molar-refractivity contribution in [1.29, 1.82) is 0 Å². The first-order chi connectivity index (χ1) is 15.5. The topological polar surface area (TPSA) is 136 Å². The van der Waals surface area contributed by atoms with Gasteiger partial charge in [0.2, 0.25) is 0 Å². The maximum atomic E-state index is 13.0. The Morgan fingerprint density at radius 2 is 1.88 bits per heavy atom. The Morgan fingerprint density at radius 1 is 1.15 bits per heavy atom. The lowest BCUT2D eigenvalue weighted by Crippen LogP contribution is -2.29. The number of pyridine rings is 1. The van der Waals surface area contributed by atoms with Crippen molar-refractivity contribution in [3.63, 3.8) is 0 Å². The van der Waals surface area contributed by atoms with Crippen LogP contribution in [-0.2, 0) is 6.18 Å². The summed E-state index contributed by atoms with van der Waals surface area (Å²) in [6.07, 6.45) is -1.17. The van der Waals surface area contributed by atoms with Crippen LogP contribution in [0, 0.1) is 0 Å². The number of anilines is 2. The molecule has 33 heavy (non-hydrogen) atoms. The van der Waals surface area contributed by atoms with Crippen LogP contribution in [0.5, 0.6) is 0 Å². The number of nitrogens with two attached hydrogens (primary N) is 1. The largest absolute Gasteiger partial charge is 0.418 e. The molecule has 0 saturated heterocycles. The first-order valence-corrected chi connectivity index (χ1v) is 10.6. The highest BCUT2D eigenvalue weighted by molar-refractivity contribution is 7.13. The van der Waals surface area contributed by atoms with E-state index in [2.05, 4.69) is 30.6 Å². The van der Waals surface area contributed by atoms with Crippen molar-refractivity contribution in [2.45, 2.75) is 25.6 Å². The number of amides is 2. The summed E-state index contributed by atoms with van der Waals surface area (Å²) < 4.78 is 39.0. The van der Waals surface area contributed by atoms with E-state index in [1.807, 2.05) is 0 Å². The summed E-state index contributed by atoms with van der Waals surface area (Å²) in [5.74, 6) is -1.73. The quantitative estimate of drug-likeness (QED) is 0.439. The number of hydrogen-bond donors (Lipinski definition) is 3. The van der Waals surface area contributed by atoms with Gasteiger partial charge in [0.05, 0.1) is 22.8 Å². The van der Waals surface area contributed by atoms with Gasteiger partial charge in [-0.25, -0.2) is 19.9 Å². The molecule has 3 aromatic heterocycles. The summed E-state index contributed by atoms with van der Waals surface area (Å²) >= 11 is 12.4. The fraction of sp³-hybridized carbons (Fsp3) is 0.222. The van der Waals surface area contributed by atoms with Gasteiger partial charge in [0.1, 0.15) is 32.9 Å². The second-order valence-electron chi connectivity index (χ2n) is 6.42. The van der Waals surface area contributed by atoms with Crippen LogP contribution in [0.15, 0.2) is 24.8 Å².